The second kappa shape index (κ2) is 5.63. The van der Waals surface area contributed by atoms with E-state index in [0.717, 1.165) is 33.4 Å². The molecule has 0 aliphatic heterocycles. The van der Waals surface area contributed by atoms with Crippen LogP contribution < -0.4 is 10.5 Å². The van der Waals surface area contributed by atoms with Crippen molar-refractivity contribution >= 4 is 11.6 Å². The van der Waals surface area contributed by atoms with Gasteiger partial charge in [0.1, 0.15) is 18.2 Å². The predicted molar refractivity (Wildman–Crippen MR) is 76.4 cm³/mol. The molecule has 1 aromatic carbocycles. The number of aryl methyl sites for hydroxylation is 3. The number of ether oxygens (including phenoxy) is 1. The number of halogens is 1. The maximum Gasteiger partial charge on any atom is 0.146 e. The number of rotatable bonds is 4. The van der Waals surface area contributed by atoms with Crippen molar-refractivity contribution in [2.75, 3.05) is 0 Å². The van der Waals surface area contributed by atoms with E-state index in [1.54, 1.807) is 0 Å². The van der Waals surface area contributed by atoms with Crippen LogP contribution >= 0.6 is 11.6 Å². The van der Waals surface area contributed by atoms with Crippen molar-refractivity contribution in [3.8, 4) is 5.75 Å². The molecule has 2 rings (SSSR count). The van der Waals surface area contributed by atoms with Gasteiger partial charge in [-0.15, -0.1) is 0 Å². The standard InChI is InChI=1S/C14H18ClN3O/c1-9-4-12(5-10(2)14(9)15)19-8-13-17-11(6-16)7-18(13)3/h4-5,7H,6,8,16H2,1-3H3. The summed E-state index contributed by atoms with van der Waals surface area (Å²) in [6.07, 6.45) is 1.91. The van der Waals surface area contributed by atoms with Gasteiger partial charge >= 0.3 is 0 Å². The highest BCUT2D eigenvalue weighted by atomic mass is 35.5. The first-order valence-corrected chi connectivity index (χ1v) is 6.49. The number of benzene rings is 1. The molecule has 1 heterocycles. The van der Waals surface area contributed by atoms with Gasteiger partial charge in [0.15, 0.2) is 0 Å². The molecule has 0 spiro atoms. The molecule has 2 aromatic rings. The van der Waals surface area contributed by atoms with Crippen molar-refractivity contribution in [1.29, 1.82) is 0 Å². The van der Waals surface area contributed by atoms with Crippen LogP contribution in [0.2, 0.25) is 5.02 Å². The molecule has 19 heavy (non-hydrogen) atoms. The third-order valence-corrected chi connectivity index (χ3v) is 3.61. The van der Waals surface area contributed by atoms with Crippen molar-refractivity contribution in [3.05, 3.63) is 46.0 Å². The quantitative estimate of drug-likeness (QED) is 0.936. The first-order chi connectivity index (χ1) is 9.01. The van der Waals surface area contributed by atoms with E-state index in [-0.39, 0.29) is 0 Å². The van der Waals surface area contributed by atoms with Crippen LogP contribution in [0.5, 0.6) is 5.75 Å². The summed E-state index contributed by atoms with van der Waals surface area (Å²) in [4.78, 5) is 4.39. The highest BCUT2D eigenvalue weighted by Crippen LogP contribution is 2.26. The Morgan fingerprint density at radius 2 is 1.95 bits per heavy atom. The maximum atomic E-state index is 6.13. The molecule has 1 aromatic heterocycles. The minimum absolute atomic E-state index is 0.414. The molecular formula is C14H18ClN3O. The van der Waals surface area contributed by atoms with Crippen LogP contribution in [0.1, 0.15) is 22.6 Å². The molecule has 0 saturated carbocycles. The van der Waals surface area contributed by atoms with E-state index < -0.39 is 0 Å². The Morgan fingerprint density at radius 3 is 2.47 bits per heavy atom. The zero-order chi connectivity index (χ0) is 14.0. The van der Waals surface area contributed by atoms with Crippen LogP contribution in [0.15, 0.2) is 18.3 Å². The Morgan fingerprint density at radius 1 is 1.32 bits per heavy atom. The number of nitrogens with zero attached hydrogens (tertiary/aromatic N) is 2. The Balaban J connectivity index is 2.12. The molecule has 102 valence electrons. The van der Waals surface area contributed by atoms with Gasteiger partial charge in [-0.05, 0) is 37.1 Å². The van der Waals surface area contributed by atoms with Gasteiger partial charge in [-0.25, -0.2) is 4.98 Å². The van der Waals surface area contributed by atoms with Crippen LogP contribution in [-0.2, 0) is 20.2 Å². The number of hydrogen-bond acceptors (Lipinski definition) is 3. The van der Waals surface area contributed by atoms with E-state index in [9.17, 15) is 0 Å². The zero-order valence-electron chi connectivity index (χ0n) is 11.4. The monoisotopic (exact) mass is 279 g/mol. The number of imidazole rings is 1. The lowest BCUT2D eigenvalue weighted by Crippen LogP contribution is -2.03. The molecule has 0 bridgehead atoms. The highest BCUT2D eigenvalue weighted by molar-refractivity contribution is 6.32. The predicted octanol–water partition coefficient (Wildman–Crippen LogP) is 2.73. The van der Waals surface area contributed by atoms with E-state index in [1.165, 1.54) is 0 Å². The van der Waals surface area contributed by atoms with Crippen LogP contribution in [-0.4, -0.2) is 9.55 Å². The summed E-state index contributed by atoms with van der Waals surface area (Å²) in [5.74, 6) is 1.66. The number of hydrogen-bond donors (Lipinski definition) is 1. The Bertz CT molecular complexity index is 569. The van der Waals surface area contributed by atoms with E-state index >= 15 is 0 Å². The second-order valence-corrected chi connectivity index (χ2v) is 5.00. The number of aromatic nitrogens is 2. The Hall–Kier alpha value is -1.52. The summed E-state index contributed by atoms with van der Waals surface area (Å²) in [5, 5.41) is 0.787. The highest BCUT2D eigenvalue weighted by Gasteiger charge is 2.07. The molecule has 2 N–H and O–H groups in total. The molecule has 0 saturated heterocycles. The molecule has 0 aliphatic rings. The van der Waals surface area contributed by atoms with Gasteiger partial charge in [0.25, 0.3) is 0 Å². The van der Waals surface area contributed by atoms with E-state index in [2.05, 4.69) is 4.98 Å². The average Bonchev–Trinajstić information content (AvgIpc) is 2.74. The van der Waals surface area contributed by atoms with Crippen LogP contribution in [0.25, 0.3) is 0 Å². The lowest BCUT2D eigenvalue weighted by Gasteiger charge is -2.09. The van der Waals surface area contributed by atoms with Gasteiger partial charge < -0.3 is 15.0 Å². The van der Waals surface area contributed by atoms with E-state index in [4.69, 9.17) is 22.1 Å². The van der Waals surface area contributed by atoms with Crippen LogP contribution in [0.4, 0.5) is 0 Å². The second-order valence-electron chi connectivity index (χ2n) is 4.62. The van der Waals surface area contributed by atoms with Gasteiger partial charge in [0.2, 0.25) is 0 Å². The summed E-state index contributed by atoms with van der Waals surface area (Å²) >= 11 is 6.13. The van der Waals surface area contributed by atoms with Crippen molar-refractivity contribution in [1.82, 2.24) is 9.55 Å². The first-order valence-electron chi connectivity index (χ1n) is 6.12. The summed E-state index contributed by atoms with van der Waals surface area (Å²) in [7, 11) is 1.93. The minimum atomic E-state index is 0.414. The summed E-state index contributed by atoms with van der Waals surface area (Å²) in [5.41, 5.74) is 8.46. The fourth-order valence-corrected chi connectivity index (χ4v) is 2.05. The first kappa shape index (κ1) is 13.9. The summed E-state index contributed by atoms with van der Waals surface area (Å²) in [6.45, 7) is 4.79. The molecule has 5 heteroatoms. The summed E-state index contributed by atoms with van der Waals surface area (Å²) < 4.78 is 7.69. The molecular weight excluding hydrogens is 262 g/mol. The number of nitrogens with two attached hydrogens (primary N) is 1. The summed E-state index contributed by atoms with van der Waals surface area (Å²) in [6, 6.07) is 3.87. The Kier molecular flexibility index (Phi) is 4.12. The fraction of sp³-hybridized carbons (Fsp3) is 0.357. The van der Waals surface area contributed by atoms with Gasteiger partial charge in [0, 0.05) is 24.8 Å². The maximum absolute atomic E-state index is 6.13. The molecule has 0 atom stereocenters. The van der Waals surface area contributed by atoms with E-state index in [0.29, 0.717) is 13.2 Å². The SMILES string of the molecule is Cc1cc(OCc2nc(CN)cn2C)cc(C)c1Cl. The third-order valence-electron chi connectivity index (χ3n) is 3.01. The van der Waals surface area contributed by atoms with Gasteiger partial charge in [-0.3, -0.25) is 0 Å². The normalized spacial score (nSPS) is 10.8. The van der Waals surface area contributed by atoms with Crippen molar-refractivity contribution in [2.24, 2.45) is 12.8 Å². The van der Waals surface area contributed by atoms with Gasteiger partial charge in [0.05, 0.1) is 5.69 Å². The minimum Gasteiger partial charge on any atom is -0.486 e. The fourth-order valence-electron chi connectivity index (χ4n) is 1.94. The molecule has 4 nitrogen and oxygen atoms in total. The van der Waals surface area contributed by atoms with E-state index in [1.807, 2.05) is 43.8 Å². The topological polar surface area (TPSA) is 53.1 Å². The molecule has 0 aliphatic carbocycles. The molecule has 0 unspecified atom stereocenters. The van der Waals surface area contributed by atoms with Crippen LogP contribution in [0, 0.1) is 13.8 Å². The Labute approximate surface area is 118 Å². The average molecular weight is 280 g/mol. The van der Waals surface area contributed by atoms with Gasteiger partial charge in [-0.2, -0.15) is 0 Å². The largest absolute Gasteiger partial charge is 0.486 e. The molecule has 0 fully saturated rings. The van der Waals surface area contributed by atoms with Gasteiger partial charge in [-0.1, -0.05) is 11.6 Å². The van der Waals surface area contributed by atoms with Crippen LogP contribution in [0.3, 0.4) is 0 Å². The third kappa shape index (κ3) is 3.08. The smallest absolute Gasteiger partial charge is 0.146 e. The van der Waals surface area contributed by atoms with Crippen molar-refractivity contribution in [3.63, 3.8) is 0 Å². The molecule has 0 amide bonds. The van der Waals surface area contributed by atoms with Crippen molar-refractivity contribution in [2.45, 2.75) is 27.0 Å². The lowest BCUT2D eigenvalue weighted by molar-refractivity contribution is 0.291. The zero-order valence-corrected chi connectivity index (χ0v) is 12.2. The molecule has 0 radical (unpaired) electrons. The lowest BCUT2D eigenvalue weighted by atomic mass is 10.1. The van der Waals surface area contributed by atoms with Crippen molar-refractivity contribution < 1.29 is 4.74 Å².